The molecule has 0 fully saturated rings. The Balaban J connectivity index is 2.15. The first kappa shape index (κ1) is 16.5. The molecule has 0 radical (unpaired) electrons. The third-order valence-corrected chi connectivity index (χ3v) is 3.60. The highest BCUT2D eigenvalue weighted by Crippen LogP contribution is 2.24. The number of rotatable bonds is 3. The second-order valence-electron chi connectivity index (χ2n) is 5.61. The van der Waals surface area contributed by atoms with Crippen LogP contribution in [-0.2, 0) is 5.41 Å². The van der Waals surface area contributed by atoms with Crippen LogP contribution in [0.15, 0.2) is 28.1 Å². The number of anilines is 1. The number of benzene rings is 1. The van der Waals surface area contributed by atoms with Gasteiger partial charge in [0.15, 0.2) is 0 Å². The summed E-state index contributed by atoms with van der Waals surface area (Å²) in [5.41, 5.74) is 2.92. The first-order valence-corrected chi connectivity index (χ1v) is 7.25. The topological polar surface area (TPSA) is 83.0 Å². The minimum absolute atomic E-state index is 0.146. The fourth-order valence-electron chi connectivity index (χ4n) is 1.66. The van der Waals surface area contributed by atoms with E-state index in [1.165, 1.54) is 6.21 Å². The average molecular weight is 340 g/mol. The Labute approximate surface area is 137 Å². The highest BCUT2D eigenvalue weighted by Gasteiger charge is 2.20. The van der Waals surface area contributed by atoms with Crippen LogP contribution in [0.5, 0.6) is 0 Å². The van der Waals surface area contributed by atoms with Gasteiger partial charge in [0, 0.05) is 11.0 Å². The molecule has 0 aliphatic carbocycles. The van der Waals surface area contributed by atoms with Crippen molar-refractivity contribution in [2.45, 2.75) is 26.2 Å². The van der Waals surface area contributed by atoms with E-state index < -0.39 is 0 Å². The van der Waals surface area contributed by atoms with Crippen LogP contribution >= 0.6 is 23.2 Å². The lowest BCUT2D eigenvalue weighted by Crippen LogP contribution is -2.28. The number of aromatic nitrogens is 3. The first-order chi connectivity index (χ1) is 10.3. The predicted octanol–water partition coefficient (Wildman–Crippen LogP) is 3.22. The van der Waals surface area contributed by atoms with Gasteiger partial charge in [-0.25, -0.2) is 5.43 Å². The van der Waals surface area contributed by atoms with Gasteiger partial charge >= 0.3 is 0 Å². The molecule has 0 bridgehead atoms. The van der Waals surface area contributed by atoms with Crippen LogP contribution in [0, 0.1) is 0 Å². The van der Waals surface area contributed by atoms with Crippen LogP contribution in [0.3, 0.4) is 0 Å². The van der Waals surface area contributed by atoms with Crippen molar-refractivity contribution in [3.8, 4) is 0 Å². The third kappa shape index (κ3) is 3.84. The van der Waals surface area contributed by atoms with Gasteiger partial charge in [-0.3, -0.25) is 9.78 Å². The van der Waals surface area contributed by atoms with E-state index >= 15 is 0 Å². The average Bonchev–Trinajstić information content (AvgIpc) is 2.42. The molecule has 2 N–H and O–H groups in total. The molecule has 8 heteroatoms. The predicted molar refractivity (Wildman–Crippen MR) is 89.0 cm³/mol. The Kier molecular flexibility index (Phi) is 4.83. The summed E-state index contributed by atoms with van der Waals surface area (Å²) in [6, 6.07) is 5.20. The molecular formula is C14H15Cl2N5O. The summed E-state index contributed by atoms with van der Waals surface area (Å²) in [7, 11) is 0. The zero-order chi connectivity index (χ0) is 16.3. The number of hydrazone groups is 1. The SMILES string of the molecule is CC(C)(C)c1nnc(N/N=C/c2cccc(Cl)c2Cl)[nH]c1=O. The molecule has 1 heterocycles. The van der Waals surface area contributed by atoms with Crippen molar-refractivity contribution in [1.29, 1.82) is 0 Å². The zero-order valence-electron chi connectivity index (χ0n) is 12.3. The smallest absolute Gasteiger partial charge is 0.274 e. The molecule has 0 saturated heterocycles. The highest BCUT2D eigenvalue weighted by atomic mass is 35.5. The molecule has 0 atom stereocenters. The van der Waals surface area contributed by atoms with E-state index in [2.05, 4.69) is 25.7 Å². The summed E-state index contributed by atoms with van der Waals surface area (Å²) < 4.78 is 0. The van der Waals surface area contributed by atoms with Crippen molar-refractivity contribution in [2.24, 2.45) is 5.10 Å². The number of nitrogens with one attached hydrogen (secondary N) is 2. The van der Waals surface area contributed by atoms with Crippen molar-refractivity contribution in [3.05, 3.63) is 49.9 Å². The quantitative estimate of drug-likeness (QED) is 0.664. The number of hydrogen-bond acceptors (Lipinski definition) is 5. The van der Waals surface area contributed by atoms with Crippen molar-refractivity contribution < 1.29 is 0 Å². The Morgan fingerprint density at radius 3 is 2.64 bits per heavy atom. The van der Waals surface area contributed by atoms with Gasteiger partial charge in [0.25, 0.3) is 5.56 Å². The Morgan fingerprint density at radius 1 is 1.27 bits per heavy atom. The minimum atomic E-state index is -0.378. The molecule has 116 valence electrons. The molecule has 2 rings (SSSR count). The number of halogens is 2. The molecule has 0 unspecified atom stereocenters. The lowest BCUT2D eigenvalue weighted by Gasteiger charge is -2.15. The molecule has 0 aliphatic heterocycles. The maximum absolute atomic E-state index is 11.9. The van der Waals surface area contributed by atoms with Crippen LogP contribution < -0.4 is 11.0 Å². The lowest BCUT2D eigenvalue weighted by atomic mass is 9.93. The summed E-state index contributed by atoms with van der Waals surface area (Å²) in [4.78, 5) is 14.5. The van der Waals surface area contributed by atoms with Gasteiger partial charge < -0.3 is 0 Å². The monoisotopic (exact) mass is 339 g/mol. The Bertz CT molecular complexity index is 765. The molecule has 22 heavy (non-hydrogen) atoms. The van der Waals surface area contributed by atoms with Crippen molar-refractivity contribution in [1.82, 2.24) is 15.2 Å². The van der Waals surface area contributed by atoms with Crippen LogP contribution in [0.4, 0.5) is 5.95 Å². The van der Waals surface area contributed by atoms with E-state index in [1.807, 2.05) is 20.8 Å². The molecule has 1 aromatic carbocycles. The van der Waals surface area contributed by atoms with Gasteiger partial charge in [-0.1, -0.05) is 56.1 Å². The molecule has 0 aliphatic rings. The molecule has 0 spiro atoms. The van der Waals surface area contributed by atoms with Gasteiger partial charge in [0.2, 0.25) is 5.95 Å². The molecule has 6 nitrogen and oxygen atoms in total. The Morgan fingerprint density at radius 2 is 2.00 bits per heavy atom. The van der Waals surface area contributed by atoms with E-state index in [-0.39, 0.29) is 16.9 Å². The van der Waals surface area contributed by atoms with Gasteiger partial charge in [0.05, 0.1) is 16.3 Å². The van der Waals surface area contributed by atoms with Gasteiger partial charge in [0.1, 0.15) is 5.69 Å². The zero-order valence-corrected chi connectivity index (χ0v) is 13.8. The lowest BCUT2D eigenvalue weighted by molar-refractivity contribution is 0.547. The second kappa shape index (κ2) is 6.46. The fourth-order valence-corrected chi connectivity index (χ4v) is 2.02. The van der Waals surface area contributed by atoms with E-state index in [0.717, 1.165) is 0 Å². The maximum Gasteiger partial charge on any atom is 0.274 e. The number of hydrogen-bond donors (Lipinski definition) is 2. The number of H-pyrrole nitrogens is 1. The second-order valence-corrected chi connectivity index (χ2v) is 6.40. The summed E-state index contributed by atoms with van der Waals surface area (Å²) >= 11 is 11.9. The van der Waals surface area contributed by atoms with Crippen LogP contribution in [0.2, 0.25) is 10.0 Å². The van der Waals surface area contributed by atoms with Crippen molar-refractivity contribution >= 4 is 35.4 Å². The van der Waals surface area contributed by atoms with Gasteiger partial charge in [-0.05, 0) is 6.07 Å². The molecular weight excluding hydrogens is 325 g/mol. The largest absolute Gasteiger partial charge is 0.288 e. The molecule has 0 amide bonds. The summed E-state index contributed by atoms with van der Waals surface area (Å²) in [5, 5.41) is 12.6. The third-order valence-electron chi connectivity index (χ3n) is 2.76. The summed E-state index contributed by atoms with van der Waals surface area (Å²) in [6.45, 7) is 5.66. The summed E-state index contributed by atoms with van der Waals surface area (Å²) in [5.74, 6) is 0.146. The van der Waals surface area contributed by atoms with E-state index in [9.17, 15) is 4.79 Å². The van der Waals surface area contributed by atoms with Gasteiger partial charge in [-0.15, -0.1) is 10.2 Å². The van der Waals surface area contributed by atoms with Crippen LogP contribution in [-0.4, -0.2) is 21.4 Å². The summed E-state index contributed by atoms with van der Waals surface area (Å²) in [6.07, 6.45) is 1.48. The minimum Gasteiger partial charge on any atom is -0.288 e. The van der Waals surface area contributed by atoms with E-state index in [1.54, 1.807) is 18.2 Å². The van der Waals surface area contributed by atoms with Crippen molar-refractivity contribution in [3.63, 3.8) is 0 Å². The highest BCUT2D eigenvalue weighted by molar-refractivity contribution is 6.43. The molecule has 0 saturated carbocycles. The van der Waals surface area contributed by atoms with Crippen LogP contribution in [0.25, 0.3) is 0 Å². The number of aromatic amines is 1. The van der Waals surface area contributed by atoms with E-state index in [0.29, 0.717) is 21.3 Å². The number of nitrogens with zero attached hydrogens (tertiary/aromatic N) is 3. The van der Waals surface area contributed by atoms with Crippen molar-refractivity contribution in [2.75, 3.05) is 5.43 Å². The fraction of sp³-hybridized carbons (Fsp3) is 0.286. The first-order valence-electron chi connectivity index (χ1n) is 6.49. The standard InChI is InChI=1S/C14H15Cl2N5O/c1-14(2,3)11-12(22)18-13(21-19-11)20-17-7-8-5-4-6-9(15)10(8)16/h4-7H,1-3H3,(H2,18,20,21,22)/b17-7+. The molecule has 1 aromatic heterocycles. The Hall–Kier alpha value is -1.92. The van der Waals surface area contributed by atoms with E-state index in [4.69, 9.17) is 23.2 Å². The maximum atomic E-state index is 11.9. The normalized spacial score (nSPS) is 11.9. The van der Waals surface area contributed by atoms with Crippen LogP contribution in [0.1, 0.15) is 32.0 Å². The van der Waals surface area contributed by atoms with Gasteiger partial charge in [-0.2, -0.15) is 5.10 Å². The molecule has 2 aromatic rings.